The van der Waals surface area contributed by atoms with Crippen LogP contribution in [0.1, 0.15) is 52.3 Å². The smallest absolute Gasteiger partial charge is 0.290 e. The third-order valence-electron chi connectivity index (χ3n) is 5.62. The van der Waals surface area contributed by atoms with Crippen molar-refractivity contribution in [2.75, 3.05) is 13.2 Å². The Bertz CT molecular complexity index is 772. The minimum Gasteiger partial charge on any atom is -0.458 e. The molecule has 2 aliphatic heterocycles. The number of ether oxygens (including phenoxy) is 1. The topological polar surface area (TPSA) is 71.4 Å². The third-order valence-corrected chi connectivity index (χ3v) is 5.62. The maximum atomic E-state index is 13.2. The molecule has 3 aliphatic rings. The molecule has 4 heterocycles. The van der Waals surface area contributed by atoms with E-state index < -0.39 is 0 Å². The third kappa shape index (κ3) is 1.72. The van der Waals surface area contributed by atoms with Crippen molar-refractivity contribution in [1.29, 1.82) is 0 Å². The van der Waals surface area contributed by atoms with E-state index in [-0.39, 0.29) is 11.4 Å². The van der Waals surface area contributed by atoms with Gasteiger partial charge in [-0.15, -0.1) is 0 Å². The van der Waals surface area contributed by atoms with Crippen molar-refractivity contribution in [3.05, 3.63) is 40.9 Å². The number of amides is 1. The standard InChI is InChI=1S/C17H19N3O3/c21-16(14-12-3-7-22-8-11(12)9-23-14)20-6-2-13-15(19-10-18-13)17(20)4-1-5-17/h9-10H,1-8H2,(H,18,19). The molecule has 6 heteroatoms. The molecule has 2 aromatic rings. The Hall–Kier alpha value is -2.08. The molecule has 1 spiro atoms. The Balaban J connectivity index is 1.54. The number of nitrogens with zero attached hydrogens (tertiary/aromatic N) is 2. The van der Waals surface area contributed by atoms with Gasteiger partial charge in [-0.05, 0) is 19.3 Å². The molecule has 6 nitrogen and oxygen atoms in total. The monoisotopic (exact) mass is 313 g/mol. The molecule has 2 aromatic heterocycles. The Labute approximate surface area is 133 Å². The van der Waals surface area contributed by atoms with Crippen molar-refractivity contribution in [2.24, 2.45) is 0 Å². The zero-order valence-corrected chi connectivity index (χ0v) is 12.9. The van der Waals surface area contributed by atoms with Crippen LogP contribution in [0.2, 0.25) is 0 Å². The lowest BCUT2D eigenvalue weighted by Crippen LogP contribution is -2.57. The van der Waals surface area contributed by atoms with Crippen LogP contribution in [-0.4, -0.2) is 33.9 Å². The Morgan fingerprint density at radius 3 is 3.09 bits per heavy atom. The molecule has 1 saturated carbocycles. The number of aromatic nitrogens is 2. The second kappa shape index (κ2) is 4.71. The fourth-order valence-corrected chi connectivity index (χ4v) is 4.26. The molecule has 120 valence electrons. The minimum absolute atomic E-state index is 0.0153. The first-order chi connectivity index (χ1) is 11.3. The van der Waals surface area contributed by atoms with E-state index in [2.05, 4.69) is 9.97 Å². The lowest BCUT2D eigenvalue weighted by atomic mass is 9.70. The first-order valence-corrected chi connectivity index (χ1v) is 8.31. The molecule has 1 N–H and O–H groups in total. The molecule has 0 saturated heterocycles. The number of carbonyl (C=O) groups excluding carboxylic acids is 1. The lowest BCUT2D eigenvalue weighted by Gasteiger charge is -2.51. The average Bonchev–Trinajstić information content (AvgIpc) is 3.18. The molecule has 0 atom stereocenters. The summed E-state index contributed by atoms with van der Waals surface area (Å²) in [5.74, 6) is 0.523. The summed E-state index contributed by atoms with van der Waals surface area (Å²) in [5.41, 5.74) is 4.06. The second-order valence-electron chi connectivity index (χ2n) is 6.69. The van der Waals surface area contributed by atoms with Crippen LogP contribution in [0.4, 0.5) is 0 Å². The number of carbonyl (C=O) groups is 1. The lowest BCUT2D eigenvalue weighted by molar-refractivity contribution is 0.00204. The van der Waals surface area contributed by atoms with Gasteiger partial charge in [-0.25, -0.2) is 4.98 Å². The molecular weight excluding hydrogens is 294 g/mol. The van der Waals surface area contributed by atoms with E-state index in [1.54, 1.807) is 12.6 Å². The highest BCUT2D eigenvalue weighted by molar-refractivity contribution is 5.94. The van der Waals surface area contributed by atoms with Crippen molar-refractivity contribution in [3.8, 4) is 0 Å². The summed E-state index contributed by atoms with van der Waals surface area (Å²) in [5, 5.41) is 0. The molecule has 0 unspecified atom stereocenters. The summed E-state index contributed by atoms with van der Waals surface area (Å²) in [7, 11) is 0. The highest BCUT2D eigenvalue weighted by Gasteiger charge is 2.51. The van der Waals surface area contributed by atoms with Gasteiger partial charge in [0, 0.05) is 36.2 Å². The van der Waals surface area contributed by atoms with Crippen molar-refractivity contribution >= 4 is 5.91 Å². The fraction of sp³-hybridized carbons (Fsp3) is 0.529. The Morgan fingerprint density at radius 1 is 1.35 bits per heavy atom. The highest BCUT2D eigenvalue weighted by Crippen LogP contribution is 2.49. The SMILES string of the molecule is O=C(c1occ2c1CCOC2)N1CCc2[nH]cnc2C12CCC2. The van der Waals surface area contributed by atoms with Crippen LogP contribution in [0.25, 0.3) is 0 Å². The molecule has 0 radical (unpaired) electrons. The number of hydrogen-bond donors (Lipinski definition) is 1. The maximum Gasteiger partial charge on any atom is 0.290 e. The van der Waals surface area contributed by atoms with Gasteiger partial charge in [-0.1, -0.05) is 0 Å². The molecule has 23 heavy (non-hydrogen) atoms. The molecule has 1 aliphatic carbocycles. The van der Waals surface area contributed by atoms with E-state index >= 15 is 0 Å². The van der Waals surface area contributed by atoms with Gasteiger partial charge in [0.25, 0.3) is 5.91 Å². The second-order valence-corrected chi connectivity index (χ2v) is 6.69. The average molecular weight is 313 g/mol. The van der Waals surface area contributed by atoms with Crippen LogP contribution in [0.5, 0.6) is 0 Å². The predicted molar refractivity (Wildman–Crippen MR) is 80.9 cm³/mol. The minimum atomic E-state index is -0.227. The maximum absolute atomic E-state index is 13.2. The van der Waals surface area contributed by atoms with Crippen LogP contribution in [-0.2, 0) is 29.7 Å². The molecule has 1 fully saturated rings. The number of aromatic amines is 1. The fourth-order valence-electron chi connectivity index (χ4n) is 4.26. The van der Waals surface area contributed by atoms with Gasteiger partial charge in [0.15, 0.2) is 5.76 Å². The van der Waals surface area contributed by atoms with Crippen LogP contribution >= 0.6 is 0 Å². The molecule has 0 aromatic carbocycles. The molecule has 1 amide bonds. The zero-order chi connectivity index (χ0) is 15.4. The van der Waals surface area contributed by atoms with Gasteiger partial charge in [0.1, 0.15) is 0 Å². The molecular formula is C17H19N3O3. The number of rotatable bonds is 1. The van der Waals surface area contributed by atoms with Gasteiger partial charge in [0.2, 0.25) is 0 Å². The molecule has 5 rings (SSSR count). The number of fused-ring (bicyclic) bond motifs is 3. The van der Waals surface area contributed by atoms with E-state index in [1.807, 2.05) is 4.90 Å². The Kier molecular flexibility index (Phi) is 2.74. The highest BCUT2D eigenvalue weighted by atomic mass is 16.5. The summed E-state index contributed by atoms with van der Waals surface area (Å²) < 4.78 is 11.1. The summed E-state index contributed by atoms with van der Waals surface area (Å²) in [6, 6.07) is 0. The van der Waals surface area contributed by atoms with E-state index in [0.29, 0.717) is 19.0 Å². The van der Waals surface area contributed by atoms with Crippen molar-refractivity contribution < 1.29 is 13.9 Å². The number of nitrogens with one attached hydrogen (secondary N) is 1. The summed E-state index contributed by atoms with van der Waals surface area (Å²) in [6.45, 7) is 1.92. The van der Waals surface area contributed by atoms with E-state index in [0.717, 1.165) is 55.5 Å². The summed E-state index contributed by atoms with van der Waals surface area (Å²) >= 11 is 0. The van der Waals surface area contributed by atoms with Crippen molar-refractivity contribution in [1.82, 2.24) is 14.9 Å². The van der Waals surface area contributed by atoms with E-state index in [1.165, 1.54) is 5.69 Å². The quantitative estimate of drug-likeness (QED) is 0.875. The first-order valence-electron chi connectivity index (χ1n) is 8.31. The Morgan fingerprint density at radius 2 is 2.26 bits per heavy atom. The van der Waals surface area contributed by atoms with E-state index in [4.69, 9.17) is 9.15 Å². The van der Waals surface area contributed by atoms with Gasteiger partial charge < -0.3 is 19.0 Å². The zero-order valence-electron chi connectivity index (χ0n) is 12.9. The largest absolute Gasteiger partial charge is 0.458 e. The summed E-state index contributed by atoms with van der Waals surface area (Å²) in [6.07, 6.45) is 8.13. The van der Waals surface area contributed by atoms with Gasteiger partial charge in [-0.3, -0.25) is 4.79 Å². The van der Waals surface area contributed by atoms with Gasteiger partial charge in [0.05, 0.1) is 37.0 Å². The van der Waals surface area contributed by atoms with Gasteiger partial charge >= 0.3 is 0 Å². The first kappa shape index (κ1) is 13.4. The van der Waals surface area contributed by atoms with Gasteiger partial charge in [-0.2, -0.15) is 0 Å². The van der Waals surface area contributed by atoms with Crippen LogP contribution in [0, 0.1) is 0 Å². The van der Waals surface area contributed by atoms with Crippen LogP contribution in [0.15, 0.2) is 17.0 Å². The number of H-pyrrole nitrogens is 1. The number of imidazole rings is 1. The van der Waals surface area contributed by atoms with E-state index in [9.17, 15) is 4.79 Å². The number of hydrogen-bond acceptors (Lipinski definition) is 4. The van der Waals surface area contributed by atoms with Crippen LogP contribution < -0.4 is 0 Å². The van der Waals surface area contributed by atoms with Crippen molar-refractivity contribution in [3.63, 3.8) is 0 Å². The van der Waals surface area contributed by atoms with Crippen LogP contribution in [0.3, 0.4) is 0 Å². The van der Waals surface area contributed by atoms with Crippen molar-refractivity contribution in [2.45, 2.75) is 44.2 Å². The normalized spacial score (nSPS) is 21.7. The summed E-state index contributed by atoms with van der Waals surface area (Å²) in [4.78, 5) is 23.0. The predicted octanol–water partition coefficient (Wildman–Crippen LogP) is 2.15. The molecule has 0 bridgehead atoms. The number of furan rings is 1.